The fourth-order valence-corrected chi connectivity index (χ4v) is 2.76. The maximum atomic E-state index is 12.2. The fraction of sp³-hybridized carbons (Fsp3) is 0.200. The highest BCUT2D eigenvalue weighted by atomic mass is 79.9. The van der Waals surface area contributed by atoms with Gasteiger partial charge in [0.2, 0.25) is 0 Å². The topological polar surface area (TPSA) is 116 Å². The molecule has 0 spiro atoms. The van der Waals surface area contributed by atoms with Gasteiger partial charge in [0.1, 0.15) is 12.1 Å². The zero-order valence-electron chi connectivity index (χ0n) is 16.2. The van der Waals surface area contributed by atoms with Crippen LogP contribution in [0.5, 0.6) is 0 Å². The van der Waals surface area contributed by atoms with Gasteiger partial charge in [-0.1, -0.05) is 31.9 Å². The molecule has 0 aromatic heterocycles. The standard InChI is InChI=1S/C20H20Br2N4O4/c1-11(23-19(29)13-3-7-15(21)8-4-13)17(27)25-26-18(28)12(2)24-20(30)14-5-9-16(22)10-6-14/h3-12H,1-2H3,(H,23,29)(H,24,30)(H,25,27)(H,26,28)/t11-,12-/m1/s1. The first-order valence-corrected chi connectivity index (χ1v) is 10.5. The molecule has 8 nitrogen and oxygen atoms in total. The summed E-state index contributed by atoms with van der Waals surface area (Å²) in [5.41, 5.74) is 5.25. The Morgan fingerprint density at radius 3 is 1.23 bits per heavy atom. The molecule has 2 aromatic rings. The summed E-state index contributed by atoms with van der Waals surface area (Å²) in [7, 11) is 0. The van der Waals surface area contributed by atoms with Crippen LogP contribution >= 0.6 is 31.9 Å². The van der Waals surface area contributed by atoms with Crippen LogP contribution in [0.15, 0.2) is 57.5 Å². The third-order valence-corrected chi connectivity index (χ3v) is 5.06. The molecule has 30 heavy (non-hydrogen) atoms. The van der Waals surface area contributed by atoms with E-state index in [0.29, 0.717) is 11.1 Å². The third-order valence-electron chi connectivity index (χ3n) is 4.00. The molecule has 0 unspecified atom stereocenters. The van der Waals surface area contributed by atoms with Crippen molar-refractivity contribution in [2.75, 3.05) is 0 Å². The van der Waals surface area contributed by atoms with E-state index in [1.165, 1.54) is 13.8 Å². The van der Waals surface area contributed by atoms with Gasteiger partial charge in [0, 0.05) is 20.1 Å². The van der Waals surface area contributed by atoms with Gasteiger partial charge in [0.25, 0.3) is 23.6 Å². The number of carbonyl (C=O) groups is 4. The maximum absolute atomic E-state index is 12.2. The molecule has 0 saturated heterocycles. The predicted octanol–water partition coefficient (Wildman–Crippen LogP) is 2.30. The van der Waals surface area contributed by atoms with Gasteiger partial charge in [-0.3, -0.25) is 30.0 Å². The largest absolute Gasteiger partial charge is 0.340 e. The Bertz CT molecular complexity index is 855. The second-order valence-electron chi connectivity index (χ2n) is 6.38. The molecule has 2 rings (SSSR count). The van der Waals surface area contributed by atoms with Crippen molar-refractivity contribution in [2.45, 2.75) is 25.9 Å². The Balaban J connectivity index is 1.80. The lowest BCUT2D eigenvalue weighted by Crippen LogP contribution is -2.55. The van der Waals surface area contributed by atoms with Crippen LogP contribution in [-0.4, -0.2) is 35.7 Å². The number of carbonyl (C=O) groups excluding carboxylic acids is 4. The zero-order valence-corrected chi connectivity index (χ0v) is 19.3. The van der Waals surface area contributed by atoms with Gasteiger partial charge in [-0.2, -0.15) is 0 Å². The van der Waals surface area contributed by atoms with Crippen molar-refractivity contribution in [3.63, 3.8) is 0 Å². The Morgan fingerprint density at radius 1 is 0.633 bits per heavy atom. The van der Waals surface area contributed by atoms with E-state index in [9.17, 15) is 19.2 Å². The molecule has 158 valence electrons. The zero-order chi connectivity index (χ0) is 22.3. The van der Waals surface area contributed by atoms with Crippen LogP contribution < -0.4 is 21.5 Å². The lowest BCUT2D eigenvalue weighted by molar-refractivity contribution is -0.130. The van der Waals surface area contributed by atoms with Crippen LogP contribution in [0, 0.1) is 0 Å². The fourth-order valence-electron chi connectivity index (χ4n) is 2.23. The molecule has 4 N–H and O–H groups in total. The molecule has 10 heteroatoms. The van der Waals surface area contributed by atoms with Crippen molar-refractivity contribution >= 4 is 55.5 Å². The second kappa shape index (κ2) is 10.9. The molecular formula is C20H20Br2N4O4. The van der Waals surface area contributed by atoms with Gasteiger partial charge in [-0.05, 0) is 62.4 Å². The highest BCUT2D eigenvalue weighted by Gasteiger charge is 2.20. The van der Waals surface area contributed by atoms with Crippen LogP contribution in [0.2, 0.25) is 0 Å². The van der Waals surface area contributed by atoms with Crippen molar-refractivity contribution in [1.82, 2.24) is 21.5 Å². The molecular weight excluding hydrogens is 520 g/mol. The average Bonchev–Trinajstić information content (AvgIpc) is 2.72. The molecule has 0 saturated carbocycles. The number of hydrogen-bond acceptors (Lipinski definition) is 4. The number of amides is 4. The number of hydrazine groups is 1. The molecule has 0 heterocycles. The summed E-state index contributed by atoms with van der Waals surface area (Å²) in [6.45, 7) is 2.97. The highest BCUT2D eigenvalue weighted by Crippen LogP contribution is 2.11. The van der Waals surface area contributed by atoms with E-state index < -0.39 is 35.7 Å². The minimum atomic E-state index is -0.894. The van der Waals surface area contributed by atoms with Crippen LogP contribution in [0.25, 0.3) is 0 Å². The summed E-state index contributed by atoms with van der Waals surface area (Å²) in [5.74, 6) is -2.07. The highest BCUT2D eigenvalue weighted by molar-refractivity contribution is 9.10. The van der Waals surface area contributed by atoms with Crippen molar-refractivity contribution in [3.8, 4) is 0 Å². The lowest BCUT2D eigenvalue weighted by Gasteiger charge is -2.17. The van der Waals surface area contributed by atoms with Gasteiger partial charge in [0.05, 0.1) is 0 Å². The quantitative estimate of drug-likeness (QED) is 0.421. The minimum Gasteiger partial charge on any atom is -0.340 e. The first-order valence-electron chi connectivity index (χ1n) is 8.90. The molecule has 0 aliphatic carbocycles. The summed E-state index contributed by atoms with van der Waals surface area (Å²) in [6, 6.07) is 11.5. The number of hydrogen-bond donors (Lipinski definition) is 4. The molecule has 0 aliphatic rings. The number of halogens is 2. The van der Waals surface area contributed by atoms with E-state index >= 15 is 0 Å². The summed E-state index contributed by atoms with van der Waals surface area (Å²) in [5, 5.41) is 5.07. The van der Waals surface area contributed by atoms with Gasteiger partial charge < -0.3 is 10.6 Å². The monoisotopic (exact) mass is 538 g/mol. The molecule has 0 radical (unpaired) electrons. The van der Waals surface area contributed by atoms with Gasteiger partial charge >= 0.3 is 0 Å². The van der Waals surface area contributed by atoms with Crippen LogP contribution in [-0.2, 0) is 9.59 Å². The van der Waals surface area contributed by atoms with Crippen molar-refractivity contribution in [1.29, 1.82) is 0 Å². The number of benzene rings is 2. The first kappa shape index (κ1) is 23.6. The average molecular weight is 540 g/mol. The van der Waals surface area contributed by atoms with Crippen LogP contribution in [0.3, 0.4) is 0 Å². The molecule has 0 bridgehead atoms. The number of rotatable bonds is 6. The van der Waals surface area contributed by atoms with Gasteiger partial charge in [-0.25, -0.2) is 0 Å². The maximum Gasteiger partial charge on any atom is 0.260 e. The van der Waals surface area contributed by atoms with E-state index in [1.807, 2.05) is 0 Å². The second-order valence-corrected chi connectivity index (χ2v) is 8.21. The summed E-state index contributed by atoms with van der Waals surface area (Å²) in [6.07, 6.45) is 0. The minimum absolute atomic E-state index is 0.395. The Labute approximate surface area is 190 Å². The molecule has 2 aromatic carbocycles. The SMILES string of the molecule is C[C@@H](NC(=O)c1ccc(Br)cc1)C(=O)NNC(=O)[C@@H](C)NC(=O)c1ccc(Br)cc1. The number of nitrogens with one attached hydrogen (secondary N) is 4. The van der Waals surface area contributed by atoms with Crippen molar-refractivity contribution in [3.05, 3.63) is 68.6 Å². The first-order chi connectivity index (χ1) is 14.2. The predicted molar refractivity (Wildman–Crippen MR) is 118 cm³/mol. The Morgan fingerprint density at radius 2 is 0.933 bits per heavy atom. The van der Waals surface area contributed by atoms with E-state index in [-0.39, 0.29) is 0 Å². The van der Waals surface area contributed by atoms with Crippen LogP contribution in [0.4, 0.5) is 0 Å². The summed E-state index contributed by atoms with van der Waals surface area (Å²) >= 11 is 6.56. The molecule has 2 atom stereocenters. The molecule has 4 amide bonds. The van der Waals surface area contributed by atoms with Crippen molar-refractivity contribution < 1.29 is 19.2 Å². The normalized spacial score (nSPS) is 12.3. The lowest BCUT2D eigenvalue weighted by atomic mass is 10.2. The van der Waals surface area contributed by atoms with E-state index in [4.69, 9.17) is 0 Å². The summed E-state index contributed by atoms with van der Waals surface area (Å²) in [4.78, 5) is 48.6. The van der Waals surface area contributed by atoms with E-state index in [2.05, 4.69) is 53.3 Å². The molecule has 0 aliphatic heterocycles. The van der Waals surface area contributed by atoms with Gasteiger partial charge in [-0.15, -0.1) is 0 Å². The molecule has 0 fully saturated rings. The van der Waals surface area contributed by atoms with Gasteiger partial charge in [0.15, 0.2) is 0 Å². The van der Waals surface area contributed by atoms with E-state index in [0.717, 1.165) is 8.95 Å². The van der Waals surface area contributed by atoms with Crippen molar-refractivity contribution in [2.24, 2.45) is 0 Å². The smallest absolute Gasteiger partial charge is 0.260 e. The third kappa shape index (κ3) is 6.96. The Kier molecular flexibility index (Phi) is 8.55. The Hall–Kier alpha value is -2.72. The summed E-state index contributed by atoms with van der Waals surface area (Å²) < 4.78 is 1.66. The van der Waals surface area contributed by atoms with Crippen LogP contribution in [0.1, 0.15) is 34.6 Å². The van der Waals surface area contributed by atoms with E-state index in [1.54, 1.807) is 48.5 Å².